The van der Waals surface area contributed by atoms with Crippen LogP contribution in [0, 0.1) is 11.6 Å². The number of carbonyl (C=O) groups excluding carboxylic acids is 1. The lowest BCUT2D eigenvalue weighted by molar-refractivity contribution is 0.101. The summed E-state index contributed by atoms with van der Waals surface area (Å²) in [6.45, 7) is 0. The average molecular weight is 351 g/mol. The number of fused-ring (bicyclic) bond motifs is 1. The minimum Gasteiger partial charge on any atom is -0.432 e. The third-order valence-corrected chi connectivity index (χ3v) is 3.90. The molecule has 4 aromatic rings. The number of anilines is 1. The Morgan fingerprint density at radius 1 is 1.08 bits per heavy atom. The highest BCUT2D eigenvalue weighted by molar-refractivity contribution is 6.14. The number of rotatable bonds is 3. The molecule has 5 nitrogen and oxygen atoms in total. The van der Waals surface area contributed by atoms with E-state index in [9.17, 15) is 13.6 Å². The first-order valence-corrected chi connectivity index (χ1v) is 7.65. The zero-order valence-electron chi connectivity index (χ0n) is 13.2. The number of carbonyl (C=O) groups is 1. The first-order chi connectivity index (χ1) is 12.5. The minimum atomic E-state index is -0.995. The average Bonchev–Trinajstić information content (AvgIpc) is 2.98. The number of hydrogen-bond acceptors (Lipinski definition) is 5. The summed E-state index contributed by atoms with van der Waals surface area (Å²) in [6.07, 6.45) is 1.45. The van der Waals surface area contributed by atoms with Gasteiger partial charge in [-0.2, -0.15) is 4.98 Å². The Labute approximate surface area is 146 Å². The highest BCUT2D eigenvalue weighted by Crippen LogP contribution is 2.30. The standard InChI is InChI=1S/C19H11F2N3O2/c20-11-6-7-12(14(21)8-11)16(25)17-15(22)13-9-23-18(24-19(13)26-17)10-4-2-1-3-5-10/h1-9H,22H2. The summed E-state index contributed by atoms with van der Waals surface area (Å²) in [5.41, 5.74) is 6.50. The van der Waals surface area contributed by atoms with Crippen molar-refractivity contribution in [2.45, 2.75) is 0 Å². The van der Waals surface area contributed by atoms with Crippen LogP contribution in [0.25, 0.3) is 22.5 Å². The van der Waals surface area contributed by atoms with Crippen molar-refractivity contribution in [3.8, 4) is 11.4 Å². The second-order valence-electron chi connectivity index (χ2n) is 5.58. The Balaban J connectivity index is 1.81. The van der Waals surface area contributed by atoms with Crippen LogP contribution in [0.2, 0.25) is 0 Å². The number of hydrogen-bond donors (Lipinski definition) is 1. The van der Waals surface area contributed by atoms with Gasteiger partial charge in [0, 0.05) is 17.8 Å². The second kappa shape index (κ2) is 6.03. The molecule has 26 heavy (non-hydrogen) atoms. The fourth-order valence-corrected chi connectivity index (χ4v) is 2.59. The van der Waals surface area contributed by atoms with Crippen LogP contribution in [0.3, 0.4) is 0 Å². The molecule has 0 amide bonds. The van der Waals surface area contributed by atoms with E-state index < -0.39 is 17.4 Å². The highest BCUT2D eigenvalue weighted by Gasteiger charge is 2.24. The molecule has 0 spiro atoms. The number of ketones is 1. The van der Waals surface area contributed by atoms with Crippen LogP contribution >= 0.6 is 0 Å². The van der Waals surface area contributed by atoms with Crippen LogP contribution in [0.4, 0.5) is 14.5 Å². The van der Waals surface area contributed by atoms with Gasteiger partial charge in [-0.25, -0.2) is 13.8 Å². The zero-order valence-corrected chi connectivity index (χ0v) is 13.2. The Morgan fingerprint density at radius 3 is 2.58 bits per heavy atom. The van der Waals surface area contributed by atoms with Crippen LogP contribution in [0.1, 0.15) is 16.1 Å². The molecule has 0 aliphatic heterocycles. The molecular weight excluding hydrogens is 340 g/mol. The number of nitrogens with zero attached hydrogens (tertiary/aromatic N) is 2. The lowest BCUT2D eigenvalue weighted by Gasteiger charge is -2.00. The normalized spacial score (nSPS) is 11.0. The topological polar surface area (TPSA) is 82.0 Å². The monoisotopic (exact) mass is 351 g/mol. The first-order valence-electron chi connectivity index (χ1n) is 7.65. The van der Waals surface area contributed by atoms with Crippen molar-refractivity contribution in [2.24, 2.45) is 0 Å². The summed E-state index contributed by atoms with van der Waals surface area (Å²) in [6, 6.07) is 11.8. The lowest BCUT2D eigenvalue weighted by atomic mass is 10.1. The molecule has 0 aliphatic carbocycles. The number of benzene rings is 2. The summed E-state index contributed by atoms with van der Waals surface area (Å²) < 4.78 is 32.4. The predicted molar refractivity (Wildman–Crippen MR) is 91.4 cm³/mol. The van der Waals surface area contributed by atoms with E-state index in [-0.39, 0.29) is 22.7 Å². The molecule has 2 N–H and O–H groups in total. The number of nitrogen functional groups attached to an aromatic ring is 1. The summed E-state index contributed by atoms with van der Waals surface area (Å²) in [7, 11) is 0. The van der Waals surface area contributed by atoms with Crippen molar-refractivity contribution in [3.05, 3.63) is 77.7 Å². The summed E-state index contributed by atoms with van der Waals surface area (Å²) in [5.74, 6) is -2.43. The summed E-state index contributed by atoms with van der Waals surface area (Å²) in [4.78, 5) is 21.0. The van der Waals surface area contributed by atoms with Crippen molar-refractivity contribution in [1.82, 2.24) is 9.97 Å². The Hall–Kier alpha value is -3.61. The maximum Gasteiger partial charge on any atom is 0.233 e. The van der Waals surface area contributed by atoms with Gasteiger partial charge in [-0.15, -0.1) is 0 Å². The molecule has 0 saturated carbocycles. The molecule has 0 radical (unpaired) electrons. The highest BCUT2D eigenvalue weighted by atomic mass is 19.1. The van der Waals surface area contributed by atoms with Crippen LogP contribution in [-0.4, -0.2) is 15.8 Å². The van der Waals surface area contributed by atoms with Gasteiger partial charge in [-0.3, -0.25) is 4.79 Å². The van der Waals surface area contributed by atoms with Crippen molar-refractivity contribution in [3.63, 3.8) is 0 Å². The Kier molecular flexibility index (Phi) is 3.69. The maximum absolute atomic E-state index is 13.9. The minimum absolute atomic E-state index is 0.00772. The van der Waals surface area contributed by atoms with Crippen molar-refractivity contribution >= 4 is 22.6 Å². The van der Waals surface area contributed by atoms with Crippen molar-refractivity contribution in [2.75, 3.05) is 5.73 Å². The van der Waals surface area contributed by atoms with Gasteiger partial charge in [-0.1, -0.05) is 30.3 Å². The molecule has 7 heteroatoms. The van der Waals surface area contributed by atoms with Gasteiger partial charge >= 0.3 is 0 Å². The van der Waals surface area contributed by atoms with E-state index in [1.54, 1.807) is 0 Å². The molecule has 2 aromatic heterocycles. The van der Waals surface area contributed by atoms with Crippen LogP contribution < -0.4 is 5.73 Å². The Bertz CT molecular complexity index is 1140. The van der Waals surface area contributed by atoms with E-state index in [1.807, 2.05) is 30.3 Å². The van der Waals surface area contributed by atoms with E-state index in [1.165, 1.54) is 6.20 Å². The molecule has 0 saturated heterocycles. The van der Waals surface area contributed by atoms with Gasteiger partial charge in [0.2, 0.25) is 17.3 Å². The molecule has 4 rings (SSSR count). The third-order valence-electron chi connectivity index (χ3n) is 3.90. The lowest BCUT2D eigenvalue weighted by Crippen LogP contribution is -2.06. The van der Waals surface area contributed by atoms with Gasteiger partial charge in [0.1, 0.15) is 11.6 Å². The van der Waals surface area contributed by atoms with Crippen LogP contribution in [0.15, 0.2) is 59.1 Å². The number of halogens is 2. The predicted octanol–water partition coefficient (Wildman–Crippen LogP) is 3.98. The van der Waals surface area contributed by atoms with Crippen molar-refractivity contribution in [1.29, 1.82) is 0 Å². The van der Waals surface area contributed by atoms with Gasteiger partial charge in [0.15, 0.2) is 5.82 Å². The molecule has 0 fully saturated rings. The number of aromatic nitrogens is 2. The number of nitrogens with two attached hydrogens (primary N) is 1. The van der Waals surface area contributed by atoms with Crippen molar-refractivity contribution < 1.29 is 18.0 Å². The molecule has 0 bridgehead atoms. The van der Waals surface area contributed by atoms with Gasteiger partial charge in [0.25, 0.3) is 0 Å². The molecule has 0 atom stereocenters. The van der Waals surface area contributed by atoms with E-state index in [0.717, 1.165) is 17.7 Å². The zero-order chi connectivity index (χ0) is 18.3. The number of furan rings is 1. The fourth-order valence-electron chi connectivity index (χ4n) is 2.59. The Morgan fingerprint density at radius 2 is 1.85 bits per heavy atom. The quantitative estimate of drug-likeness (QED) is 0.565. The largest absolute Gasteiger partial charge is 0.432 e. The summed E-state index contributed by atoms with van der Waals surface area (Å²) >= 11 is 0. The molecule has 0 aliphatic rings. The van der Waals surface area contributed by atoms with Gasteiger partial charge < -0.3 is 10.2 Å². The third kappa shape index (κ3) is 2.59. The molecule has 0 unspecified atom stereocenters. The molecule has 128 valence electrons. The van der Waals surface area contributed by atoms with Crippen LogP contribution in [-0.2, 0) is 0 Å². The summed E-state index contributed by atoms with van der Waals surface area (Å²) in [5, 5.41) is 0.343. The second-order valence-corrected chi connectivity index (χ2v) is 5.58. The van der Waals surface area contributed by atoms with E-state index in [0.29, 0.717) is 17.3 Å². The molecular formula is C19H11F2N3O2. The van der Waals surface area contributed by atoms with E-state index in [2.05, 4.69) is 9.97 Å². The maximum atomic E-state index is 13.9. The molecule has 2 aromatic carbocycles. The SMILES string of the molecule is Nc1c(C(=O)c2ccc(F)cc2F)oc2nc(-c3ccccc3)ncc12. The van der Waals surface area contributed by atoms with Gasteiger partial charge in [-0.05, 0) is 12.1 Å². The van der Waals surface area contributed by atoms with E-state index >= 15 is 0 Å². The first kappa shape index (κ1) is 15.9. The fraction of sp³-hybridized carbons (Fsp3) is 0. The molecule has 2 heterocycles. The van der Waals surface area contributed by atoms with E-state index in [4.69, 9.17) is 10.2 Å². The van der Waals surface area contributed by atoms with Gasteiger partial charge in [0.05, 0.1) is 16.6 Å². The van der Waals surface area contributed by atoms with Crippen LogP contribution in [0.5, 0.6) is 0 Å². The smallest absolute Gasteiger partial charge is 0.233 e.